The number of hydrogen-bond acceptors (Lipinski definition) is 4. The Morgan fingerprint density at radius 2 is 1.83 bits per heavy atom. The summed E-state index contributed by atoms with van der Waals surface area (Å²) in [5.41, 5.74) is 1.64. The molecule has 0 radical (unpaired) electrons. The topological polar surface area (TPSA) is 65.0 Å². The summed E-state index contributed by atoms with van der Waals surface area (Å²) in [6, 6.07) is 12.8. The second-order valence-corrected chi connectivity index (χ2v) is 6.02. The largest absolute Gasteiger partial charge is 0.491 e. The van der Waals surface area contributed by atoms with Gasteiger partial charge in [0.05, 0.1) is 12.0 Å². The second-order valence-electron chi connectivity index (χ2n) is 6.02. The zero-order valence-electron chi connectivity index (χ0n) is 13.7. The number of carboxylic acid groups (broad SMARTS) is 1. The Balaban J connectivity index is 1.78. The third-order valence-corrected chi connectivity index (χ3v) is 3.83. The van der Waals surface area contributed by atoms with Crippen molar-refractivity contribution < 1.29 is 24.1 Å². The molecule has 0 aromatic heterocycles. The minimum Gasteiger partial charge on any atom is -0.491 e. The summed E-state index contributed by atoms with van der Waals surface area (Å²) in [5, 5.41) is 9.61. The van der Waals surface area contributed by atoms with Gasteiger partial charge in [-0.25, -0.2) is 0 Å². The number of rotatable bonds is 6. The van der Waals surface area contributed by atoms with Gasteiger partial charge in [0.25, 0.3) is 0 Å². The van der Waals surface area contributed by atoms with Crippen LogP contribution < -0.4 is 14.2 Å². The molecule has 0 bridgehead atoms. The Labute approximate surface area is 140 Å². The van der Waals surface area contributed by atoms with Crippen LogP contribution in [0, 0.1) is 0 Å². The fourth-order valence-electron chi connectivity index (χ4n) is 2.69. The number of benzene rings is 2. The van der Waals surface area contributed by atoms with E-state index in [2.05, 4.69) is 0 Å². The van der Waals surface area contributed by atoms with Gasteiger partial charge in [-0.2, -0.15) is 0 Å². The number of ether oxygens (including phenoxy) is 3. The molecule has 1 N–H and O–H groups in total. The van der Waals surface area contributed by atoms with Crippen LogP contribution in [0.25, 0.3) is 0 Å². The van der Waals surface area contributed by atoms with Gasteiger partial charge in [0.2, 0.25) is 6.79 Å². The molecule has 0 saturated carbocycles. The first-order chi connectivity index (χ1) is 11.5. The van der Waals surface area contributed by atoms with Crippen molar-refractivity contribution in [2.45, 2.75) is 32.3 Å². The predicted molar refractivity (Wildman–Crippen MR) is 88.9 cm³/mol. The molecule has 1 aliphatic heterocycles. The van der Waals surface area contributed by atoms with Gasteiger partial charge in [0, 0.05) is 0 Å². The van der Waals surface area contributed by atoms with Crippen LogP contribution in [0.4, 0.5) is 0 Å². The third-order valence-electron chi connectivity index (χ3n) is 3.83. The summed E-state index contributed by atoms with van der Waals surface area (Å²) < 4.78 is 16.2. The Morgan fingerprint density at radius 3 is 2.50 bits per heavy atom. The molecule has 2 aromatic carbocycles. The Morgan fingerprint density at radius 1 is 1.12 bits per heavy atom. The highest BCUT2D eigenvalue weighted by molar-refractivity contribution is 5.77. The van der Waals surface area contributed by atoms with Crippen molar-refractivity contribution in [3.63, 3.8) is 0 Å². The zero-order valence-corrected chi connectivity index (χ0v) is 13.7. The van der Waals surface area contributed by atoms with E-state index < -0.39 is 11.9 Å². The lowest BCUT2D eigenvalue weighted by molar-refractivity contribution is -0.138. The van der Waals surface area contributed by atoms with Crippen LogP contribution in [0.1, 0.15) is 30.9 Å². The lowest BCUT2D eigenvalue weighted by Gasteiger charge is -2.14. The first-order valence-electron chi connectivity index (χ1n) is 7.91. The average Bonchev–Trinajstić information content (AvgIpc) is 3.00. The number of hydrogen-bond donors (Lipinski definition) is 1. The average molecular weight is 328 g/mol. The molecule has 126 valence electrons. The molecule has 0 saturated heterocycles. The molecule has 0 aliphatic carbocycles. The highest BCUT2D eigenvalue weighted by Crippen LogP contribution is 2.35. The molecular formula is C19H20O5. The summed E-state index contributed by atoms with van der Waals surface area (Å²) in [5.74, 6) is 0.522. The van der Waals surface area contributed by atoms with Crippen molar-refractivity contribution in [2.24, 2.45) is 0 Å². The molecule has 1 atom stereocenters. The number of aliphatic carboxylic acids is 1. The fraction of sp³-hybridized carbons (Fsp3) is 0.316. The maximum absolute atomic E-state index is 11.7. The SMILES string of the molecule is CC(C)Oc1ccc(CC(C(=O)O)c2ccc3c(c2)OCO3)cc1. The zero-order chi connectivity index (χ0) is 17.1. The van der Waals surface area contributed by atoms with Gasteiger partial charge in [-0.1, -0.05) is 18.2 Å². The minimum absolute atomic E-state index is 0.108. The van der Waals surface area contributed by atoms with E-state index in [0.717, 1.165) is 11.3 Å². The molecule has 0 spiro atoms. The summed E-state index contributed by atoms with van der Waals surface area (Å²) in [7, 11) is 0. The minimum atomic E-state index is -0.864. The van der Waals surface area contributed by atoms with Crippen LogP contribution in [0.5, 0.6) is 17.2 Å². The third kappa shape index (κ3) is 3.62. The van der Waals surface area contributed by atoms with Crippen LogP contribution in [0.2, 0.25) is 0 Å². The number of carbonyl (C=O) groups is 1. The van der Waals surface area contributed by atoms with Gasteiger partial charge in [0.1, 0.15) is 5.75 Å². The summed E-state index contributed by atoms with van der Waals surface area (Å²) >= 11 is 0. The first kappa shape index (κ1) is 16.2. The van der Waals surface area contributed by atoms with E-state index in [9.17, 15) is 9.90 Å². The molecule has 0 fully saturated rings. The van der Waals surface area contributed by atoms with Gasteiger partial charge < -0.3 is 19.3 Å². The van der Waals surface area contributed by atoms with E-state index in [1.165, 1.54) is 0 Å². The molecule has 5 nitrogen and oxygen atoms in total. The van der Waals surface area contributed by atoms with Crippen molar-refractivity contribution in [1.29, 1.82) is 0 Å². The number of carboxylic acids is 1. The summed E-state index contributed by atoms with van der Waals surface area (Å²) in [6.45, 7) is 4.11. The van der Waals surface area contributed by atoms with E-state index in [-0.39, 0.29) is 12.9 Å². The summed E-state index contributed by atoms with van der Waals surface area (Å²) in [6.07, 6.45) is 0.507. The molecule has 3 rings (SSSR count). The first-order valence-corrected chi connectivity index (χ1v) is 7.91. The Hall–Kier alpha value is -2.69. The molecule has 1 unspecified atom stereocenters. The van der Waals surface area contributed by atoms with E-state index in [0.29, 0.717) is 23.5 Å². The molecule has 0 amide bonds. The van der Waals surface area contributed by atoms with Crippen molar-refractivity contribution in [3.05, 3.63) is 53.6 Å². The van der Waals surface area contributed by atoms with Crippen molar-refractivity contribution in [3.8, 4) is 17.2 Å². The standard InChI is InChI=1S/C19H20O5/c1-12(2)24-15-6-3-13(4-7-15)9-16(19(20)21)14-5-8-17-18(10-14)23-11-22-17/h3-8,10,12,16H,9,11H2,1-2H3,(H,20,21). The van der Waals surface area contributed by atoms with Crippen molar-refractivity contribution >= 4 is 5.97 Å². The van der Waals surface area contributed by atoms with Gasteiger partial charge in [-0.3, -0.25) is 4.79 Å². The van der Waals surface area contributed by atoms with E-state index in [4.69, 9.17) is 14.2 Å². The highest BCUT2D eigenvalue weighted by Gasteiger charge is 2.23. The van der Waals surface area contributed by atoms with Crippen LogP contribution in [0.15, 0.2) is 42.5 Å². The van der Waals surface area contributed by atoms with Crippen LogP contribution >= 0.6 is 0 Å². The normalized spacial score (nSPS) is 13.8. The monoisotopic (exact) mass is 328 g/mol. The maximum atomic E-state index is 11.7. The smallest absolute Gasteiger partial charge is 0.311 e. The highest BCUT2D eigenvalue weighted by atomic mass is 16.7. The molecule has 24 heavy (non-hydrogen) atoms. The van der Waals surface area contributed by atoms with Gasteiger partial charge in [-0.15, -0.1) is 0 Å². The van der Waals surface area contributed by atoms with Crippen molar-refractivity contribution in [1.82, 2.24) is 0 Å². The number of fused-ring (bicyclic) bond motifs is 1. The van der Waals surface area contributed by atoms with Crippen LogP contribution in [0.3, 0.4) is 0 Å². The lowest BCUT2D eigenvalue weighted by atomic mass is 9.92. The molecule has 5 heteroatoms. The van der Waals surface area contributed by atoms with E-state index in [1.807, 2.05) is 38.1 Å². The Kier molecular flexibility index (Phi) is 4.60. The predicted octanol–water partition coefficient (Wildman–Crippen LogP) is 3.61. The molecule has 1 aliphatic rings. The van der Waals surface area contributed by atoms with E-state index >= 15 is 0 Å². The molecular weight excluding hydrogens is 308 g/mol. The fourth-order valence-corrected chi connectivity index (χ4v) is 2.69. The van der Waals surface area contributed by atoms with Gasteiger partial charge in [0.15, 0.2) is 11.5 Å². The summed E-state index contributed by atoms with van der Waals surface area (Å²) in [4.78, 5) is 11.7. The molecule has 2 aromatic rings. The van der Waals surface area contributed by atoms with Crippen molar-refractivity contribution in [2.75, 3.05) is 6.79 Å². The lowest BCUT2D eigenvalue weighted by Crippen LogP contribution is -2.14. The second kappa shape index (κ2) is 6.83. The van der Waals surface area contributed by atoms with Gasteiger partial charge in [-0.05, 0) is 55.7 Å². The molecule has 1 heterocycles. The van der Waals surface area contributed by atoms with Crippen LogP contribution in [-0.4, -0.2) is 24.0 Å². The van der Waals surface area contributed by atoms with E-state index in [1.54, 1.807) is 18.2 Å². The van der Waals surface area contributed by atoms with Crippen LogP contribution in [-0.2, 0) is 11.2 Å². The Bertz CT molecular complexity index is 721. The quantitative estimate of drug-likeness (QED) is 0.877. The maximum Gasteiger partial charge on any atom is 0.311 e. The van der Waals surface area contributed by atoms with Gasteiger partial charge >= 0.3 is 5.97 Å².